The fraction of sp³-hybridized carbons (Fsp3) is 0.211. The maximum atomic E-state index is 12.3. The first-order valence-corrected chi connectivity index (χ1v) is 8.32. The van der Waals surface area contributed by atoms with Gasteiger partial charge >= 0.3 is 0 Å². The van der Waals surface area contributed by atoms with E-state index < -0.39 is 0 Å². The van der Waals surface area contributed by atoms with E-state index >= 15 is 0 Å². The summed E-state index contributed by atoms with van der Waals surface area (Å²) >= 11 is 0. The molecular weight excluding hydrogens is 328 g/mol. The predicted octanol–water partition coefficient (Wildman–Crippen LogP) is 1.88. The number of hydrogen-bond donors (Lipinski definition) is 1. The average Bonchev–Trinajstić information content (AvgIpc) is 2.72. The van der Waals surface area contributed by atoms with E-state index in [1.807, 2.05) is 36.2 Å². The fourth-order valence-corrected chi connectivity index (χ4v) is 2.38. The highest BCUT2D eigenvalue weighted by atomic mass is 16.1. The molecule has 3 aromatic rings. The Kier molecular flexibility index (Phi) is 5.82. The second-order valence-corrected chi connectivity index (χ2v) is 5.81. The van der Waals surface area contributed by atoms with Crippen LogP contribution in [0, 0.1) is 0 Å². The maximum Gasteiger partial charge on any atom is 0.270 e. The number of nitrogens with zero attached hydrogens (tertiary/aromatic N) is 5. The number of likely N-dealkylation sites (N-methyl/N-ethyl adjacent to an activating group) is 1. The van der Waals surface area contributed by atoms with Crippen LogP contribution in [0.1, 0.15) is 21.6 Å². The zero-order valence-corrected chi connectivity index (χ0v) is 14.5. The Hall–Kier alpha value is -3.35. The first-order valence-electron chi connectivity index (χ1n) is 8.32. The second kappa shape index (κ2) is 8.66. The van der Waals surface area contributed by atoms with Crippen molar-refractivity contribution >= 4 is 11.9 Å². The minimum Gasteiger partial charge on any atom is -0.347 e. The molecule has 0 bridgehead atoms. The Balaban J connectivity index is 1.59. The quantitative estimate of drug-likeness (QED) is 0.702. The van der Waals surface area contributed by atoms with Crippen molar-refractivity contribution in [1.29, 1.82) is 0 Å². The molecule has 7 heteroatoms. The number of aromatic nitrogens is 4. The van der Waals surface area contributed by atoms with Crippen molar-refractivity contribution in [3.05, 3.63) is 78.1 Å². The lowest BCUT2D eigenvalue weighted by Crippen LogP contribution is -2.27. The molecule has 0 atom stereocenters. The molecule has 0 radical (unpaired) electrons. The van der Waals surface area contributed by atoms with Gasteiger partial charge in [-0.3, -0.25) is 14.8 Å². The third kappa shape index (κ3) is 4.83. The van der Waals surface area contributed by atoms with Gasteiger partial charge in [-0.2, -0.15) is 0 Å². The second-order valence-electron chi connectivity index (χ2n) is 5.81. The van der Waals surface area contributed by atoms with Gasteiger partial charge < -0.3 is 10.2 Å². The molecular formula is C19H20N6O. The molecule has 3 aromatic heterocycles. The summed E-state index contributed by atoms with van der Waals surface area (Å²) in [6.45, 7) is 1.15. The number of nitrogens with one attached hydrogen (secondary N) is 1. The number of carbonyl (C=O) groups excluding carboxylic acids is 1. The van der Waals surface area contributed by atoms with Gasteiger partial charge in [0, 0.05) is 51.1 Å². The summed E-state index contributed by atoms with van der Waals surface area (Å²) in [6.07, 6.45) is 9.42. The SMILES string of the molecule is CN(CCc1ccncc1)c1nccc(C(=O)NCc2cccnc2)n1. The van der Waals surface area contributed by atoms with E-state index in [2.05, 4.69) is 25.3 Å². The van der Waals surface area contributed by atoms with E-state index in [-0.39, 0.29) is 5.91 Å². The minimum atomic E-state index is -0.236. The number of carbonyl (C=O) groups is 1. The summed E-state index contributed by atoms with van der Waals surface area (Å²) < 4.78 is 0. The molecule has 0 fully saturated rings. The Morgan fingerprint density at radius 1 is 1.04 bits per heavy atom. The van der Waals surface area contributed by atoms with E-state index in [9.17, 15) is 4.79 Å². The molecule has 0 spiro atoms. The third-order valence-electron chi connectivity index (χ3n) is 3.88. The van der Waals surface area contributed by atoms with Crippen LogP contribution in [-0.4, -0.2) is 39.4 Å². The number of rotatable bonds is 7. The van der Waals surface area contributed by atoms with E-state index in [4.69, 9.17) is 0 Å². The molecule has 0 saturated heterocycles. The number of pyridine rings is 2. The largest absolute Gasteiger partial charge is 0.347 e. The van der Waals surface area contributed by atoms with Crippen molar-refractivity contribution in [2.45, 2.75) is 13.0 Å². The number of anilines is 1. The monoisotopic (exact) mass is 348 g/mol. The molecule has 26 heavy (non-hydrogen) atoms. The van der Waals surface area contributed by atoms with E-state index in [1.54, 1.807) is 37.1 Å². The highest BCUT2D eigenvalue weighted by molar-refractivity contribution is 5.92. The van der Waals surface area contributed by atoms with Crippen LogP contribution in [-0.2, 0) is 13.0 Å². The summed E-state index contributed by atoms with van der Waals surface area (Å²) in [6, 6.07) is 9.32. The van der Waals surface area contributed by atoms with Crippen molar-refractivity contribution < 1.29 is 4.79 Å². The van der Waals surface area contributed by atoms with E-state index in [0.29, 0.717) is 18.2 Å². The van der Waals surface area contributed by atoms with Crippen LogP contribution in [0.2, 0.25) is 0 Å². The van der Waals surface area contributed by atoms with Crippen LogP contribution in [0.15, 0.2) is 61.3 Å². The van der Waals surface area contributed by atoms with Gasteiger partial charge in [-0.05, 0) is 41.8 Å². The first-order chi connectivity index (χ1) is 12.7. The summed E-state index contributed by atoms with van der Waals surface area (Å²) in [5, 5.41) is 2.84. The smallest absolute Gasteiger partial charge is 0.270 e. The molecule has 0 aliphatic carbocycles. The standard InChI is InChI=1S/C19H20N6O/c1-25(12-7-15-4-9-20-10-5-15)19-22-11-6-17(24-19)18(26)23-14-16-3-2-8-21-13-16/h2-6,8-11,13H,7,12,14H2,1H3,(H,23,26). The highest BCUT2D eigenvalue weighted by Gasteiger charge is 2.11. The van der Waals surface area contributed by atoms with Crippen molar-refractivity contribution in [3.8, 4) is 0 Å². The lowest BCUT2D eigenvalue weighted by Gasteiger charge is -2.17. The molecule has 1 amide bonds. The fourth-order valence-electron chi connectivity index (χ4n) is 2.38. The van der Waals surface area contributed by atoms with Gasteiger partial charge in [0.1, 0.15) is 5.69 Å². The van der Waals surface area contributed by atoms with Gasteiger partial charge in [-0.15, -0.1) is 0 Å². The van der Waals surface area contributed by atoms with Crippen molar-refractivity contribution in [1.82, 2.24) is 25.3 Å². The van der Waals surface area contributed by atoms with Crippen LogP contribution >= 0.6 is 0 Å². The van der Waals surface area contributed by atoms with Crippen molar-refractivity contribution in [3.63, 3.8) is 0 Å². The van der Waals surface area contributed by atoms with Crippen LogP contribution in [0.5, 0.6) is 0 Å². The molecule has 0 aromatic carbocycles. The zero-order valence-electron chi connectivity index (χ0n) is 14.5. The Morgan fingerprint density at radius 2 is 1.88 bits per heavy atom. The maximum absolute atomic E-state index is 12.3. The molecule has 0 unspecified atom stereocenters. The minimum absolute atomic E-state index is 0.236. The molecule has 3 heterocycles. The Morgan fingerprint density at radius 3 is 2.65 bits per heavy atom. The lowest BCUT2D eigenvalue weighted by molar-refractivity contribution is 0.0946. The average molecular weight is 348 g/mol. The summed E-state index contributed by atoms with van der Waals surface area (Å²) in [4.78, 5) is 30.9. The van der Waals surface area contributed by atoms with Gasteiger partial charge in [0.25, 0.3) is 5.91 Å². The molecule has 0 saturated carbocycles. The van der Waals surface area contributed by atoms with Gasteiger partial charge in [0.2, 0.25) is 5.95 Å². The van der Waals surface area contributed by atoms with Crippen molar-refractivity contribution in [2.24, 2.45) is 0 Å². The summed E-state index contributed by atoms with van der Waals surface area (Å²) in [5.41, 5.74) is 2.47. The first kappa shape index (κ1) is 17.5. The van der Waals surface area contributed by atoms with Gasteiger partial charge in [-0.1, -0.05) is 6.07 Å². The summed E-state index contributed by atoms with van der Waals surface area (Å²) in [7, 11) is 1.91. The van der Waals surface area contributed by atoms with Crippen LogP contribution in [0.3, 0.4) is 0 Å². The van der Waals surface area contributed by atoms with Crippen LogP contribution < -0.4 is 10.2 Å². The molecule has 7 nitrogen and oxygen atoms in total. The molecule has 1 N–H and O–H groups in total. The van der Waals surface area contributed by atoms with Crippen LogP contribution in [0.25, 0.3) is 0 Å². The van der Waals surface area contributed by atoms with Gasteiger partial charge in [0.15, 0.2) is 0 Å². The summed E-state index contributed by atoms with van der Waals surface area (Å²) in [5.74, 6) is 0.285. The van der Waals surface area contributed by atoms with Gasteiger partial charge in [-0.25, -0.2) is 9.97 Å². The normalized spacial score (nSPS) is 10.3. The van der Waals surface area contributed by atoms with Crippen molar-refractivity contribution in [2.75, 3.05) is 18.5 Å². The van der Waals surface area contributed by atoms with Gasteiger partial charge in [0.05, 0.1) is 0 Å². The molecule has 0 aliphatic rings. The lowest BCUT2D eigenvalue weighted by atomic mass is 10.2. The highest BCUT2D eigenvalue weighted by Crippen LogP contribution is 2.08. The van der Waals surface area contributed by atoms with E-state index in [0.717, 1.165) is 18.5 Å². The third-order valence-corrected chi connectivity index (χ3v) is 3.88. The predicted molar refractivity (Wildman–Crippen MR) is 98.7 cm³/mol. The Bertz CT molecular complexity index is 841. The topological polar surface area (TPSA) is 83.9 Å². The van der Waals surface area contributed by atoms with E-state index in [1.165, 1.54) is 5.56 Å². The molecule has 132 valence electrons. The van der Waals surface area contributed by atoms with Crippen LogP contribution in [0.4, 0.5) is 5.95 Å². The Labute approximate surface area is 152 Å². The number of amides is 1. The molecule has 3 rings (SSSR count). The number of hydrogen-bond acceptors (Lipinski definition) is 6. The zero-order chi connectivity index (χ0) is 18.2. The molecule has 0 aliphatic heterocycles.